The summed E-state index contributed by atoms with van der Waals surface area (Å²) in [6.45, 7) is 0.452. The number of hydrogen-bond donors (Lipinski definition) is 2. The van der Waals surface area contributed by atoms with Crippen molar-refractivity contribution >= 4 is 11.7 Å². The maximum absolute atomic E-state index is 12.9. The number of anilines is 1. The number of rotatable bonds is 5. The highest BCUT2D eigenvalue weighted by Gasteiger charge is 2.05. The van der Waals surface area contributed by atoms with Gasteiger partial charge in [0.15, 0.2) is 0 Å². The summed E-state index contributed by atoms with van der Waals surface area (Å²) in [6.07, 6.45) is 0. The molecule has 0 atom stereocenters. The van der Waals surface area contributed by atoms with E-state index in [0.29, 0.717) is 17.0 Å². The lowest BCUT2D eigenvalue weighted by Gasteiger charge is -2.09. The van der Waals surface area contributed by atoms with Crippen molar-refractivity contribution in [3.8, 4) is 11.8 Å². The van der Waals surface area contributed by atoms with Crippen molar-refractivity contribution < 1.29 is 13.9 Å². The fourth-order valence-corrected chi connectivity index (χ4v) is 1.75. The molecule has 0 heterocycles. The second kappa shape index (κ2) is 7.64. The van der Waals surface area contributed by atoms with Crippen molar-refractivity contribution in [3.05, 3.63) is 59.9 Å². The summed E-state index contributed by atoms with van der Waals surface area (Å²) in [4.78, 5) is 11.7. The lowest BCUT2D eigenvalue weighted by atomic mass is 10.2. The van der Waals surface area contributed by atoms with Crippen LogP contribution in [0.25, 0.3) is 0 Å². The Morgan fingerprint density at radius 2 is 2.05 bits per heavy atom. The smallest absolute Gasteiger partial charge is 0.319 e. The lowest BCUT2D eigenvalue weighted by Crippen LogP contribution is -2.32. The number of nitrogens with one attached hydrogen (secondary N) is 2. The van der Waals surface area contributed by atoms with Crippen molar-refractivity contribution in [2.75, 3.05) is 18.5 Å². The molecule has 0 aliphatic heterocycles. The molecule has 0 unspecified atom stereocenters. The number of urea groups is 1. The largest absolute Gasteiger partial charge is 0.492 e. The minimum absolute atomic E-state index is 0.205. The number of carbonyl (C=O) groups is 1. The number of benzene rings is 2. The number of hydrogen-bond acceptors (Lipinski definition) is 3. The molecule has 2 amide bonds. The molecule has 2 N–H and O–H groups in total. The van der Waals surface area contributed by atoms with Gasteiger partial charge in [-0.15, -0.1) is 0 Å². The van der Waals surface area contributed by atoms with Crippen LogP contribution in [0, 0.1) is 17.1 Å². The van der Waals surface area contributed by atoms with E-state index in [1.807, 2.05) is 6.07 Å². The van der Waals surface area contributed by atoms with E-state index < -0.39 is 6.03 Å². The second-order valence-corrected chi connectivity index (χ2v) is 4.34. The summed E-state index contributed by atoms with van der Waals surface area (Å²) in [5.41, 5.74) is 0.821. The van der Waals surface area contributed by atoms with E-state index >= 15 is 0 Å². The topological polar surface area (TPSA) is 74.2 Å². The average Bonchev–Trinajstić information content (AvgIpc) is 2.52. The second-order valence-electron chi connectivity index (χ2n) is 4.34. The Hall–Kier alpha value is -3.07. The van der Waals surface area contributed by atoms with Gasteiger partial charge in [0, 0.05) is 6.07 Å². The highest BCUT2D eigenvalue weighted by Crippen LogP contribution is 2.13. The van der Waals surface area contributed by atoms with Gasteiger partial charge in [-0.25, -0.2) is 9.18 Å². The van der Waals surface area contributed by atoms with Gasteiger partial charge in [-0.05, 0) is 24.3 Å². The normalized spacial score (nSPS) is 9.64. The molecule has 0 spiro atoms. The Bertz CT molecular complexity index is 698. The standard InChI is InChI=1S/C16H14FN3O2/c17-13-5-3-6-14(10-13)22-9-8-19-16(21)20-15-7-2-1-4-12(15)11-18/h1-7,10H,8-9H2,(H2,19,20,21). The molecular formula is C16H14FN3O2. The predicted molar refractivity (Wildman–Crippen MR) is 80.1 cm³/mol. The van der Waals surface area contributed by atoms with Gasteiger partial charge < -0.3 is 15.4 Å². The van der Waals surface area contributed by atoms with Crippen LogP contribution in [0.15, 0.2) is 48.5 Å². The Kier molecular flexibility index (Phi) is 5.32. The van der Waals surface area contributed by atoms with Crippen LogP contribution < -0.4 is 15.4 Å². The Morgan fingerprint density at radius 1 is 1.23 bits per heavy atom. The SMILES string of the molecule is N#Cc1ccccc1NC(=O)NCCOc1cccc(F)c1. The van der Waals surface area contributed by atoms with Crippen LogP contribution in [-0.4, -0.2) is 19.2 Å². The zero-order chi connectivity index (χ0) is 15.8. The van der Waals surface area contributed by atoms with Crippen LogP contribution >= 0.6 is 0 Å². The Balaban J connectivity index is 1.75. The molecule has 0 bridgehead atoms. The maximum Gasteiger partial charge on any atom is 0.319 e. The fourth-order valence-electron chi connectivity index (χ4n) is 1.75. The quantitative estimate of drug-likeness (QED) is 0.834. The van der Waals surface area contributed by atoms with Gasteiger partial charge in [0.05, 0.1) is 17.8 Å². The monoisotopic (exact) mass is 299 g/mol. The first kappa shape index (κ1) is 15.3. The molecule has 0 aliphatic carbocycles. The zero-order valence-corrected chi connectivity index (χ0v) is 11.7. The highest BCUT2D eigenvalue weighted by molar-refractivity contribution is 5.90. The number of nitrogens with zero attached hydrogens (tertiary/aromatic N) is 1. The molecule has 2 aromatic rings. The molecule has 0 saturated heterocycles. The molecule has 2 aromatic carbocycles. The van der Waals surface area contributed by atoms with E-state index in [2.05, 4.69) is 10.6 Å². The first-order valence-corrected chi connectivity index (χ1v) is 6.61. The summed E-state index contributed by atoms with van der Waals surface area (Å²) >= 11 is 0. The van der Waals surface area contributed by atoms with Gasteiger partial charge in [0.25, 0.3) is 0 Å². The van der Waals surface area contributed by atoms with E-state index in [0.717, 1.165) is 0 Å². The van der Waals surface area contributed by atoms with Crippen LogP contribution in [0.4, 0.5) is 14.9 Å². The van der Waals surface area contributed by atoms with E-state index in [4.69, 9.17) is 10.00 Å². The predicted octanol–water partition coefficient (Wildman–Crippen LogP) is 2.90. The molecule has 2 rings (SSSR count). The van der Waals surface area contributed by atoms with E-state index in [9.17, 15) is 9.18 Å². The van der Waals surface area contributed by atoms with Gasteiger partial charge in [-0.1, -0.05) is 18.2 Å². The highest BCUT2D eigenvalue weighted by atomic mass is 19.1. The number of ether oxygens (including phenoxy) is 1. The van der Waals surface area contributed by atoms with Gasteiger partial charge in [-0.3, -0.25) is 0 Å². The molecule has 22 heavy (non-hydrogen) atoms. The minimum atomic E-state index is -0.439. The summed E-state index contributed by atoms with van der Waals surface area (Å²) in [5.74, 6) is 0.0216. The van der Waals surface area contributed by atoms with Gasteiger partial charge >= 0.3 is 6.03 Å². The van der Waals surface area contributed by atoms with Crippen molar-refractivity contribution in [2.24, 2.45) is 0 Å². The van der Waals surface area contributed by atoms with Gasteiger partial charge in [0.1, 0.15) is 24.2 Å². The molecular weight excluding hydrogens is 285 g/mol. The van der Waals surface area contributed by atoms with Crippen molar-refractivity contribution in [1.29, 1.82) is 5.26 Å². The van der Waals surface area contributed by atoms with Gasteiger partial charge in [0.2, 0.25) is 0 Å². The average molecular weight is 299 g/mol. The molecule has 0 radical (unpaired) electrons. The minimum Gasteiger partial charge on any atom is -0.492 e. The van der Waals surface area contributed by atoms with Crippen molar-refractivity contribution in [3.63, 3.8) is 0 Å². The van der Waals surface area contributed by atoms with Crippen molar-refractivity contribution in [1.82, 2.24) is 5.32 Å². The molecule has 0 saturated carbocycles. The summed E-state index contributed by atoms with van der Waals surface area (Å²) in [5, 5.41) is 14.1. The number of amides is 2. The third-order valence-electron chi connectivity index (χ3n) is 2.75. The van der Waals surface area contributed by atoms with Crippen LogP contribution in [0.3, 0.4) is 0 Å². The first-order chi connectivity index (χ1) is 10.7. The summed E-state index contributed by atoms with van der Waals surface area (Å²) in [7, 11) is 0. The Morgan fingerprint density at radius 3 is 2.82 bits per heavy atom. The molecule has 0 aromatic heterocycles. The number of halogens is 1. The number of para-hydroxylation sites is 1. The summed E-state index contributed by atoms with van der Waals surface area (Å²) in [6, 6.07) is 14.0. The number of nitriles is 1. The summed E-state index contributed by atoms with van der Waals surface area (Å²) < 4.78 is 18.2. The van der Waals surface area contributed by atoms with E-state index in [1.54, 1.807) is 36.4 Å². The molecule has 6 heteroatoms. The van der Waals surface area contributed by atoms with Gasteiger partial charge in [-0.2, -0.15) is 5.26 Å². The Labute approximate surface area is 127 Å². The van der Waals surface area contributed by atoms with Crippen LogP contribution in [0.1, 0.15) is 5.56 Å². The number of carbonyl (C=O) groups excluding carboxylic acids is 1. The van der Waals surface area contributed by atoms with E-state index in [1.165, 1.54) is 12.1 Å². The maximum atomic E-state index is 12.9. The van der Waals surface area contributed by atoms with Crippen LogP contribution in [0.5, 0.6) is 5.75 Å². The zero-order valence-electron chi connectivity index (χ0n) is 11.7. The molecule has 0 fully saturated rings. The molecule has 0 aliphatic rings. The lowest BCUT2D eigenvalue weighted by molar-refractivity contribution is 0.247. The fraction of sp³-hybridized carbons (Fsp3) is 0.125. The van der Waals surface area contributed by atoms with Crippen molar-refractivity contribution in [2.45, 2.75) is 0 Å². The first-order valence-electron chi connectivity index (χ1n) is 6.61. The van der Waals surface area contributed by atoms with Crippen LogP contribution in [0.2, 0.25) is 0 Å². The van der Waals surface area contributed by atoms with Crippen LogP contribution in [-0.2, 0) is 0 Å². The molecule has 112 valence electrons. The molecule has 5 nitrogen and oxygen atoms in total. The third-order valence-corrected chi connectivity index (χ3v) is 2.75. The van der Waals surface area contributed by atoms with E-state index in [-0.39, 0.29) is 19.0 Å². The third kappa shape index (κ3) is 4.49.